The predicted molar refractivity (Wildman–Crippen MR) is 55.5 cm³/mol. The van der Waals surface area contributed by atoms with Gasteiger partial charge in [0.1, 0.15) is 6.04 Å². The topological polar surface area (TPSA) is 69.6 Å². The first-order valence-corrected chi connectivity index (χ1v) is 5.32. The molecule has 1 amide bonds. The van der Waals surface area contributed by atoms with Gasteiger partial charge in [-0.15, -0.1) is 0 Å². The molecule has 1 unspecified atom stereocenters. The van der Waals surface area contributed by atoms with Crippen molar-refractivity contribution in [2.24, 2.45) is 0 Å². The predicted octanol–water partition coefficient (Wildman–Crippen LogP) is 0.0616. The average Bonchev–Trinajstić information content (AvgIpc) is 2.26. The Bertz CT molecular complexity index is 243. The summed E-state index contributed by atoms with van der Waals surface area (Å²) < 4.78 is 0. The van der Waals surface area contributed by atoms with E-state index < -0.39 is 12.0 Å². The molecule has 0 saturated carbocycles. The van der Waals surface area contributed by atoms with Gasteiger partial charge in [0.15, 0.2) is 0 Å². The smallest absolute Gasteiger partial charge is 0.320 e. The van der Waals surface area contributed by atoms with Crippen LogP contribution in [0.25, 0.3) is 0 Å². The lowest BCUT2D eigenvalue weighted by Gasteiger charge is -2.32. The highest BCUT2D eigenvalue weighted by Gasteiger charge is 2.28. The summed E-state index contributed by atoms with van der Waals surface area (Å²) in [4.78, 5) is 23.9. The van der Waals surface area contributed by atoms with Gasteiger partial charge in [0, 0.05) is 20.0 Å². The summed E-state index contributed by atoms with van der Waals surface area (Å²) in [5.74, 6) is -0.809. The highest BCUT2D eigenvalue weighted by Crippen LogP contribution is 2.17. The molecule has 0 aliphatic carbocycles. The number of amides is 1. The SMILES string of the molecule is CNC(=O)CCN1CCCCC1C(=O)O. The summed E-state index contributed by atoms with van der Waals surface area (Å²) in [5, 5.41) is 11.5. The van der Waals surface area contributed by atoms with E-state index in [-0.39, 0.29) is 5.91 Å². The average molecular weight is 214 g/mol. The van der Waals surface area contributed by atoms with Crippen LogP contribution >= 0.6 is 0 Å². The summed E-state index contributed by atoms with van der Waals surface area (Å²) >= 11 is 0. The number of piperidine rings is 1. The third kappa shape index (κ3) is 3.51. The van der Waals surface area contributed by atoms with Gasteiger partial charge in [0.2, 0.25) is 5.91 Å². The van der Waals surface area contributed by atoms with Gasteiger partial charge in [0.05, 0.1) is 0 Å². The molecule has 15 heavy (non-hydrogen) atoms. The summed E-state index contributed by atoms with van der Waals surface area (Å²) in [5.41, 5.74) is 0. The Kier molecular flexibility index (Phi) is 4.55. The number of nitrogens with zero attached hydrogens (tertiary/aromatic N) is 1. The monoisotopic (exact) mass is 214 g/mol. The fourth-order valence-electron chi connectivity index (χ4n) is 1.91. The number of rotatable bonds is 4. The number of carbonyl (C=O) groups excluding carboxylic acids is 1. The van der Waals surface area contributed by atoms with E-state index in [2.05, 4.69) is 5.32 Å². The lowest BCUT2D eigenvalue weighted by atomic mass is 10.0. The molecule has 5 heteroatoms. The molecule has 1 saturated heterocycles. The van der Waals surface area contributed by atoms with Gasteiger partial charge >= 0.3 is 5.97 Å². The maximum Gasteiger partial charge on any atom is 0.320 e. The molecule has 0 aromatic heterocycles. The van der Waals surface area contributed by atoms with Crippen LogP contribution in [-0.4, -0.2) is 48.1 Å². The van der Waals surface area contributed by atoms with Crippen LogP contribution in [0.15, 0.2) is 0 Å². The fraction of sp³-hybridized carbons (Fsp3) is 0.800. The van der Waals surface area contributed by atoms with E-state index in [1.165, 1.54) is 0 Å². The Balaban J connectivity index is 2.42. The van der Waals surface area contributed by atoms with Gasteiger partial charge in [-0.05, 0) is 19.4 Å². The van der Waals surface area contributed by atoms with E-state index >= 15 is 0 Å². The van der Waals surface area contributed by atoms with Gasteiger partial charge in [0.25, 0.3) is 0 Å². The number of aliphatic carboxylic acids is 1. The van der Waals surface area contributed by atoms with Gasteiger partial charge < -0.3 is 10.4 Å². The van der Waals surface area contributed by atoms with Gasteiger partial charge in [-0.3, -0.25) is 14.5 Å². The molecule has 0 spiro atoms. The molecule has 0 aromatic rings. The number of hydrogen-bond donors (Lipinski definition) is 2. The second-order valence-corrected chi connectivity index (χ2v) is 3.81. The summed E-state index contributed by atoms with van der Waals surface area (Å²) in [6.07, 6.45) is 3.06. The van der Waals surface area contributed by atoms with Crippen molar-refractivity contribution in [2.45, 2.75) is 31.7 Å². The van der Waals surface area contributed by atoms with Crippen molar-refractivity contribution in [3.8, 4) is 0 Å². The van der Waals surface area contributed by atoms with Crippen molar-refractivity contribution < 1.29 is 14.7 Å². The first-order valence-electron chi connectivity index (χ1n) is 5.32. The maximum atomic E-state index is 11.0. The Morgan fingerprint density at radius 2 is 2.20 bits per heavy atom. The Morgan fingerprint density at radius 3 is 2.80 bits per heavy atom. The molecular weight excluding hydrogens is 196 g/mol. The highest BCUT2D eigenvalue weighted by molar-refractivity contribution is 5.76. The first-order chi connectivity index (χ1) is 7.15. The van der Waals surface area contributed by atoms with Gasteiger partial charge in [-0.25, -0.2) is 0 Å². The van der Waals surface area contributed by atoms with E-state index in [0.717, 1.165) is 19.4 Å². The van der Waals surface area contributed by atoms with E-state index in [9.17, 15) is 9.59 Å². The second kappa shape index (κ2) is 5.70. The van der Waals surface area contributed by atoms with E-state index in [1.807, 2.05) is 4.90 Å². The molecule has 5 nitrogen and oxygen atoms in total. The lowest BCUT2D eigenvalue weighted by Crippen LogP contribution is -2.45. The molecule has 1 heterocycles. The molecule has 0 bridgehead atoms. The molecule has 1 aliphatic heterocycles. The van der Waals surface area contributed by atoms with Gasteiger partial charge in [-0.2, -0.15) is 0 Å². The van der Waals surface area contributed by atoms with Crippen LogP contribution in [0.4, 0.5) is 0 Å². The minimum atomic E-state index is -0.772. The fourth-order valence-corrected chi connectivity index (χ4v) is 1.91. The van der Waals surface area contributed by atoms with Crippen molar-refractivity contribution in [2.75, 3.05) is 20.1 Å². The normalized spacial score (nSPS) is 22.3. The Labute approximate surface area is 89.4 Å². The van der Waals surface area contributed by atoms with E-state index in [1.54, 1.807) is 7.05 Å². The van der Waals surface area contributed by atoms with Crippen molar-refractivity contribution in [1.82, 2.24) is 10.2 Å². The Morgan fingerprint density at radius 1 is 1.47 bits per heavy atom. The van der Waals surface area contributed by atoms with Crippen molar-refractivity contribution in [1.29, 1.82) is 0 Å². The summed E-state index contributed by atoms with van der Waals surface area (Å²) in [6, 6.07) is -0.400. The summed E-state index contributed by atoms with van der Waals surface area (Å²) in [7, 11) is 1.59. The van der Waals surface area contributed by atoms with Crippen LogP contribution in [0.1, 0.15) is 25.7 Å². The highest BCUT2D eigenvalue weighted by atomic mass is 16.4. The van der Waals surface area contributed by atoms with Crippen LogP contribution in [0, 0.1) is 0 Å². The number of carboxylic acid groups (broad SMARTS) is 1. The molecule has 1 atom stereocenters. The van der Waals surface area contributed by atoms with Crippen molar-refractivity contribution >= 4 is 11.9 Å². The third-order valence-electron chi connectivity index (χ3n) is 2.80. The largest absolute Gasteiger partial charge is 0.480 e. The summed E-state index contributed by atoms with van der Waals surface area (Å²) in [6.45, 7) is 1.32. The molecule has 2 N–H and O–H groups in total. The molecule has 1 fully saturated rings. The zero-order chi connectivity index (χ0) is 11.3. The third-order valence-corrected chi connectivity index (χ3v) is 2.80. The maximum absolute atomic E-state index is 11.0. The molecule has 1 rings (SSSR count). The lowest BCUT2D eigenvalue weighted by molar-refractivity contribution is -0.145. The molecule has 0 aromatic carbocycles. The number of likely N-dealkylation sites (tertiary alicyclic amines) is 1. The minimum Gasteiger partial charge on any atom is -0.480 e. The molecule has 0 radical (unpaired) electrons. The second-order valence-electron chi connectivity index (χ2n) is 3.81. The van der Waals surface area contributed by atoms with Crippen LogP contribution in [0.5, 0.6) is 0 Å². The van der Waals surface area contributed by atoms with E-state index in [4.69, 9.17) is 5.11 Å². The number of hydrogen-bond acceptors (Lipinski definition) is 3. The Hall–Kier alpha value is -1.10. The zero-order valence-electron chi connectivity index (χ0n) is 9.03. The first kappa shape index (κ1) is 12.0. The number of carboxylic acids is 1. The minimum absolute atomic E-state index is 0.0373. The van der Waals surface area contributed by atoms with Crippen LogP contribution in [0.2, 0.25) is 0 Å². The van der Waals surface area contributed by atoms with Crippen LogP contribution < -0.4 is 5.32 Å². The number of carbonyl (C=O) groups is 2. The molecule has 1 aliphatic rings. The molecular formula is C10H18N2O3. The quantitative estimate of drug-likeness (QED) is 0.694. The van der Waals surface area contributed by atoms with Crippen molar-refractivity contribution in [3.63, 3.8) is 0 Å². The zero-order valence-corrected chi connectivity index (χ0v) is 9.03. The molecule has 86 valence electrons. The standard InChI is InChI=1S/C10H18N2O3/c1-11-9(13)5-7-12-6-3-2-4-8(12)10(14)15/h8H,2-7H2,1H3,(H,11,13)(H,14,15). The van der Waals surface area contributed by atoms with Crippen LogP contribution in [-0.2, 0) is 9.59 Å². The number of nitrogens with one attached hydrogen (secondary N) is 1. The van der Waals surface area contributed by atoms with E-state index in [0.29, 0.717) is 19.4 Å². The van der Waals surface area contributed by atoms with Crippen molar-refractivity contribution in [3.05, 3.63) is 0 Å². The van der Waals surface area contributed by atoms with Gasteiger partial charge in [-0.1, -0.05) is 6.42 Å². The van der Waals surface area contributed by atoms with Crippen LogP contribution in [0.3, 0.4) is 0 Å².